The molecule has 0 bridgehead atoms. The molecule has 0 saturated carbocycles. The molecular formula is C27H21N3O2S. The quantitative estimate of drug-likeness (QED) is 0.326. The van der Waals surface area contributed by atoms with Crippen LogP contribution in [0.2, 0.25) is 0 Å². The van der Waals surface area contributed by atoms with Gasteiger partial charge in [0.25, 0.3) is 0 Å². The summed E-state index contributed by atoms with van der Waals surface area (Å²) in [5, 5.41) is 5.82. The van der Waals surface area contributed by atoms with Crippen LogP contribution in [0.3, 0.4) is 0 Å². The van der Waals surface area contributed by atoms with Crippen molar-refractivity contribution >= 4 is 28.6 Å². The molecule has 6 rings (SSSR count). The van der Waals surface area contributed by atoms with Gasteiger partial charge in [0, 0.05) is 23.7 Å². The number of hydrogen-bond donors (Lipinski definition) is 0. The molecule has 2 aromatic heterocycles. The Morgan fingerprint density at radius 1 is 0.939 bits per heavy atom. The Labute approximate surface area is 195 Å². The summed E-state index contributed by atoms with van der Waals surface area (Å²) in [5.41, 5.74) is 4.64. The predicted molar refractivity (Wildman–Crippen MR) is 131 cm³/mol. The third kappa shape index (κ3) is 3.72. The number of carbonyl (C=O) groups excluding carboxylic acids is 1. The highest BCUT2D eigenvalue weighted by Crippen LogP contribution is 2.44. The molecule has 33 heavy (non-hydrogen) atoms. The van der Waals surface area contributed by atoms with Crippen molar-refractivity contribution in [2.45, 2.75) is 11.9 Å². The molecular weight excluding hydrogens is 430 g/mol. The third-order valence-electron chi connectivity index (χ3n) is 5.85. The first kappa shape index (κ1) is 19.9. The Balaban J connectivity index is 1.47. The van der Waals surface area contributed by atoms with Crippen LogP contribution in [0.25, 0.3) is 28.1 Å². The molecule has 1 atom stereocenters. The summed E-state index contributed by atoms with van der Waals surface area (Å²) in [5.74, 6) is 1.30. The monoisotopic (exact) mass is 451 g/mol. The number of furan rings is 1. The van der Waals surface area contributed by atoms with E-state index in [2.05, 4.69) is 12.1 Å². The van der Waals surface area contributed by atoms with Gasteiger partial charge >= 0.3 is 0 Å². The van der Waals surface area contributed by atoms with Crippen LogP contribution in [0.4, 0.5) is 0 Å². The van der Waals surface area contributed by atoms with Gasteiger partial charge in [-0.25, -0.2) is 4.68 Å². The van der Waals surface area contributed by atoms with E-state index in [1.807, 2.05) is 94.6 Å². The van der Waals surface area contributed by atoms with E-state index >= 15 is 0 Å². The second kappa shape index (κ2) is 8.30. The van der Waals surface area contributed by atoms with Crippen molar-refractivity contribution in [3.05, 3.63) is 108 Å². The number of hydrogen-bond acceptors (Lipinski definition) is 4. The van der Waals surface area contributed by atoms with Crippen molar-refractivity contribution in [1.29, 1.82) is 0 Å². The van der Waals surface area contributed by atoms with Crippen LogP contribution in [0.15, 0.2) is 102 Å². The van der Waals surface area contributed by atoms with Crippen LogP contribution < -0.4 is 0 Å². The van der Waals surface area contributed by atoms with Gasteiger partial charge in [-0.05, 0) is 29.8 Å². The van der Waals surface area contributed by atoms with Gasteiger partial charge < -0.3 is 9.32 Å². The first-order valence-corrected chi connectivity index (χ1v) is 11.9. The number of para-hydroxylation sites is 2. The van der Waals surface area contributed by atoms with E-state index in [0.29, 0.717) is 18.1 Å². The Morgan fingerprint density at radius 3 is 2.45 bits per heavy atom. The van der Waals surface area contributed by atoms with E-state index < -0.39 is 0 Å². The topological polar surface area (TPSA) is 51.3 Å². The Bertz CT molecular complexity index is 1390. The highest BCUT2D eigenvalue weighted by Gasteiger charge is 2.36. The van der Waals surface area contributed by atoms with Crippen molar-refractivity contribution in [3.8, 4) is 17.1 Å². The standard InChI is InChI=1S/C27H21N3O2S/c31-25-18-33-27(29(25)16-19-9-3-1-4-10-19)22-17-30(21-12-5-2-6-13-21)28-26(22)24-15-20-11-7-8-14-23(20)32-24/h1-15,17,27H,16,18H2/t27-/m0/s1. The molecule has 0 unspecified atom stereocenters. The first-order valence-electron chi connectivity index (χ1n) is 10.9. The number of thioether (sulfide) groups is 1. The summed E-state index contributed by atoms with van der Waals surface area (Å²) in [7, 11) is 0. The molecule has 1 aliphatic heterocycles. The van der Waals surface area contributed by atoms with Crippen molar-refractivity contribution in [1.82, 2.24) is 14.7 Å². The van der Waals surface area contributed by atoms with Gasteiger partial charge in [-0.3, -0.25) is 4.79 Å². The number of rotatable bonds is 5. The third-order valence-corrected chi connectivity index (χ3v) is 7.09. The molecule has 0 spiro atoms. The fourth-order valence-electron chi connectivity index (χ4n) is 4.23. The summed E-state index contributed by atoms with van der Waals surface area (Å²) in [6, 6.07) is 30.1. The molecule has 3 heterocycles. The molecule has 1 fully saturated rings. The number of carbonyl (C=O) groups is 1. The molecule has 1 saturated heterocycles. The summed E-state index contributed by atoms with van der Waals surface area (Å²) in [6.45, 7) is 0.563. The lowest BCUT2D eigenvalue weighted by Gasteiger charge is -2.23. The normalized spacial score (nSPS) is 16.1. The van der Waals surface area contributed by atoms with Crippen LogP contribution in [-0.2, 0) is 11.3 Å². The highest BCUT2D eigenvalue weighted by atomic mass is 32.2. The van der Waals surface area contributed by atoms with Gasteiger partial charge in [0.05, 0.1) is 11.4 Å². The maximum Gasteiger partial charge on any atom is 0.234 e. The van der Waals surface area contributed by atoms with E-state index in [0.717, 1.165) is 33.5 Å². The maximum absolute atomic E-state index is 12.9. The van der Waals surface area contributed by atoms with E-state index in [-0.39, 0.29) is 11.3 Å². The first-order chi connectivity index (χ1) is 16.3. The van der Waals surface area contributed by atoms with E-state index in [1.54, 1.807) is 11.8 Å². The van der Waals surface area contributed by atoms with Crippen molar-refractivity contribution in [2.24, 2.45) is 0 Å². The molecule has 0 N–H and O–H groups in total. The van der Waals surface area contributed by atoms with Crippen LogP contribution >= 0.6 is 11.8 Å². The molecule has 5 nitrogen and oxygen atoms in total. The van der Waals surface area contributed by atoms with Gasteiger partial charge in [-0.2, -0.15) is 5.10 Å². The van der Waals surface area contributed by atoms with Gasteiger partial charge in [-0.1, -0.05) is 66.7 Å². The van der Waals surface area contributed by atoms with E-state index in [4.69, 9.17) is 9.52 Å². The molecule has 1 amide bonds. The highest BCUT2D eigenvalue weighted by molar-refractivity contribution is 8.00. The van der Waals surface area contributed by atoms with Crippen molar-refractivity contribution in [2.75, 3.05) is 5.75 Å². The lowest BCUT2D eigenvalue weighted by Crippen LogP contribution is -2.27. The average Bonchev–Trinajstić information content (AvgIpc) is 3.57. The van der Waals surface area contributed by atoms with Crippen LogP contribution in [0, 0.1) is 0 Å². The summed E-state index contributed by atoms with van der Waals surface area (Å²) < 4.78 is 8.07. The molecule has 1 aliphatic rings. The smallest absolute Gasteiger partial charge is 0.234 e. The second-order valence-electron chi connectivity index (χ2n) is 8.03. The lowest BCUT2D eigenvalue weighted by atomic mass is 10.1. The SMILES string of the molecule is O=C1CS[C@@H](c2cn(-c3ccccc3)nc2-c2cc3ccccc3o2)N1Cc1ccccc1. The molecule has 6 heteroatoms. The zero-order valence-corrected chi connectivity index (χ0v) is 18.6. The second-order valence-corrected chi connectivity index (χ2v) is 9.10. The van der Waals surface area contributed by atoms with Crippen LogP contribution in [0.1, 0.15) is 16.5 Å². The van der Waals surface area contributed by atoms with Gasteiger partial charge in [0.1, 0.15) is 16.7 Å². The number of amides is 1. The number of nitrogens with zero attached hydrogens (tertiary/aromatic N) is 3. The number of benzene rings is 3. The Kier molecular flexibility index (Phi) is 5.00. The number of fused-ring (bicyclic) bond motifs is 1. The van der Waals surface area contributed by atoms with Gasteiger partial charge in [0.15, 0.2) is 5.76 Å². The average molecular weight is 452 g/mol. The van der Waals surface area contributed by atoms with E-state index in [9.17, 15) is 4.79 Å². The summed E-state index contributed by atoms with van der Waals surface area (Å²) in [6.07, 6.45) is 2.03. The predicted octanol–water partition coefficient (Wildman–Crippen LogP) is 6.06. The van der Waals surface area contributed by atoms with Crippen LogP contribution in [0.5, 0.6) is 0 Å². The Hall–Kier alpha value is -3.77. The zero-order valence-electron chi connectivity index (χ0n) is 17.8. The van der Waals surface area contributed by atoms with Crippen molar-refractivity contribution in [3.63, 3.8) is 0 Å². The Morgan fingerprint density at radius 2 is 1.67 bits per heavy atom. The van der Waals surface area contributed by atoms with Crippen LogP contribution in [-0.4, -0.2) is 26.3 Å². The van der Waals surface area contributed by atoms with Gasteiger partial charge in [-0.15, -0.1) is 11.8 Å². The molecule has 0 aliphatic carbocycles. The largest absolute Gasteiger partial charge is 0.454 e. The van der Waals surface area contributed by atoms with Gasteiger partial charge in [0.2, 0.25) is 5.91 Å². The zero-order chi connectivity index (χ0) is 22.2. The summed E-state index contributed by atoms with van der Waals surface area (Å²) in [4.78, 5) is 14.8. The summed E-state index contributed by atoms with van der Waals surface area (Å²) >= 11 is 1.64. The molecule has 3 aromatic carbocycles. The van der Waals surface area contributed by atoms with Crippen molar-refractivity contribution < 1.29 is 9.21 Å². The fraction of sp³-hybridized carbons (Fsp3) is 0.111. The minimum absolute atomic E-state index is 0.136. The number of aromatic nitrogens is 2. The minimum Gasteiger partial charge on any atom is -0.454 e. The molecule has 5 aromatic rings. The van der Waals surface area contributed by atoms with E-state index in [1.165, 1.54) is 0 Å². The minimum atomic E-state index is -0.140. The fourth-order valence-corrected chi connectivity index (χ4v) is 5.42. The lowest BCUT2D eigenvalue weighted by molar-refractivity contribution is -0.128. The maximum atomic E-state index is 12.9. The molecule has 0 radical (unpaired) electrons. The molecule has 162 valence electrons.